The standard InChI is InChI=1S/C17H13BrF3N3O3S/c1-22-28(25,26)12-5-6-14-13(8-12)16(9-15(18)23-27-16)24(14)11-4-2-3-10(7-11)17(19,20)21/h2-8,22H,9H2,1H3/t16-/m1/s1. The van der Waals surface area contributed by atoms with Gasteiger partial charge in [0.2, 0.25) is 15.7 Å². The summed E-state index contributed by atoms with van der Waals surface area (Å²) < 4.78 is 66.4. The van der Waals surface area contributed by atoms with Crippen molar-refractivity contribution in [3.8, 4) is 0 Å². The number of hydrogen-bond donors (Lipinski definition) is 1. The maximum atomic E-state index is 13.1. The summed E-state index contributed by atoms with van der Waals surface area (Å²) in [5, 5.41) is 3.87. The van der Waals surface area contributed by atoms with Gasteiger partial charge in [-0.15, -0.1) is 0 Å². The van der Waals surface area contributed by atoms with E-state index in [2.05, 4.69) is 25.8 Å². The highest BCUT2D eigenvalue weighted by Crippen LogP contribution is 2.58. The van der Waals surface area contributed by atoms with Crippen LogP contribution in [0.15, 0.2) is 52.5 Å². The van der Waals surface area contributed by atoms with Gasteiger partial charge in [-0.2, -0.15) is 13.2 Å². The molecule has 6 nitrogen and oxygen atoms in total. The number of alkyl halides is 3. The summed E-state index contributed by atoms with van der Waals surface area (Å²) in [5.41, 5.74) is -0.659. The summed E-state index contributed by atoms with van der Waals surface area (Å²) in [6, 6.07) is 9.25. The molecule has 0 bridgehead atoms. The number of halogens is 4. The van der Waals surface area contributed by atoms with Gasteiger partial charge in [0.05, 0.1) is 22.6 Å². The number of nitrogens with one attached hydrogen (secondary N) is 1. The Bertz CT molecular complexity index is 1100. The van der Waals surface area contributed by atoms with E-state index in [1.165, 1.54) is 31.3 Å². The van der Waals surface area contributed by atoms with Crippen LogP contribution >= 0.6 is 15.9 Å². The van der Waals surface area contributed by atoms with Crippen molar-refractivity contribution in [2.24, 2.45) is 5.16 Å². The van der Waals surface area contributed by atoms with Crippen LogP contribution in [0.25, 0.3) is 0 Å². The van der Waals surface area contributed by atoms with Crippen molar-refractivity contribution in [3.05, 3.63) is 53.6 Å². The van der Waals surface area contributed by atoms with Crippen LogP contribution in [-0.2, 0) is 26.8 Å². The van der Waals surface area contributed by atoms with E-state index in [-0.39, 0.29) is 17.0 Å². The van der Waals surface area contributed by atoms with Crippen molar-refractivity contribution in [2.45, 2.75) is 23.2 Å². The lowest BCUT2D eigenvalue weighted by Crippen LogP contribution is -2.52. The largest absolute Gasteiger partial charge is 0.416 e. The van der Waals surface area contributed by atoms with Crippen LogP contribution in [0, 0.1) is 0 Å². The van der Waals surface area contributed by atoms with Crippen LogP contribution in [0.4, 0.5) is 24.5 Å². The van der Waals surface area contributed by atoms with Crippen LogP contribution in [0.3, 0.4) is 0 Å². The summed E-state index contributed by atoms with van der Waals surface area (Å²) in [5.74, 6) is 0. The van der Waals surface area contributed by atoms with Crippen LogP contribution in [0.2, 0.25) is 0 Å². The Morgan fingerprint density at radius 2 is 2.00 bits per heavy atom. The van der Waals surface area contributed by atoms with Crippen LogP contribution in [-0.4, -0.2) is 20.1 Å². The molecule has 0 radical (unpaired) electrons. The topological polar surface area (TPSA) is 71.0 Å². The lowest BCUT2D eigenvalue weighted by molar-refractivity contribution is -0.137. The van der Waals surface area contributed by atoms with Gasteiger partial charge < -0.3 is 4.84 Å². The third-order valence-corrected chi connectivity index (χ3v) is 6.52. The third-order valence-electron chi connectivity index (χ3n) is 4.68. The number of nitrogens with zero attached hydrogens (tertiary/aromatic N) is 2. The molecular formula is C17H13BrF3N3O3S. The number of rotatable bonds is 3. The van der Waals surface area contributed by atoms with E-state index in [1.807, 2.05) is 0 Å². The number of benzene rings is 2. The number of oxime groups is 1. The molecule has 2 aromatic carbocycles. The maximum absolute atomic E-state index is 13.1. The Kier molecular flexibility index (Phi) is 4.25. The quantitative estimate of drug-likeness (QED) is 0.726. The molecule has 11 heteroatoms. The SMILES string of the molecule is CNS(=O)(=O)c1ccc2c(c1)[C@]1(CC(Br)=NO1)N2c1cccc(C(F)(F)F)c1. The van der Waals surface area contributed by atoms with E-state index in [0.717, 1.165) is 12.1 Å². The van der Waals surface area contributed by atoms with Gasteiger partial charge in [-0.3, -0.25) is 4.90 Å². The predicted molar refractivity (Wildman–Crippen MR) is 100 cm³/mol. The second-order valence-electron chi connectivity index (χ2n) is 6.29. The zero-order valence-corrected chi connectivity index (χ0v) is 16.7. The molecule has 0 unspecified atom stereocenters. The molecule has 0 aromatic heterocycles. The molecule has 1 spiro atoms. The first-order valence-corrected chi connectivity index (χ1v) is 10.3. The number of anilines is 2. The van der Waals surface area contributed by atoms with Gasteiger partial charge in [0.15, 0.2) is 0 Å². The first-order chi connectivity index (χ1) is 13.1. The Balaban J connectivity index is 1.85. The minimum atomic E-state index is -4.49. The minimum Gasteiger partial charge on any atom is -0.360 e. The highest BCUT2D eigenvalue weighted by Gasteiger charge is 2.57. The maximum Gasteiger partial charge on any atom is 0.416 e. The summed E-state index contributed by atoms with van der Waals surface area (Å²) >= 11 is 3.25. The minimum absolute atomic E-state index is 0.0310. The van der Waals surface area contributed by atoms with Crippen molar-refractivity contribution >= 4 is 41.9 Å². The predicted octanol–water partition coefficient (Wildman–Crippen LogP) is 4.05. The van der Waals surface area contributed by atoms with Crippen LogP contribution in [0.1, 0.15) is 17.5 Å². The molecule has 1 atom stereocenters. The van der Waals surface area contributed by atoms with Gasteiger partial charge >= 0.3 is 6.18 Å². The number of sulfonamides is 1. The lowest BCUT2D eigenvalue weighted by atomic mass is 9.86. The van der Waals surface area contributed by atoms with Gasteiger partial charge in [0.25, 0.3) is 0 Å². The highest BCUT2D eigenvalue weighted by atomic mass is 79.9. The van der Waals surface area contributed by atoms with Gasteiger partial charge in [0.1, 0.15) is 4.62 Å². The first-order valence-electron chi connectivity index (χ1n) is 8.05. The smallest absolute Gasteiger partial charge is 0.360 e. The number of fused-ring (bicyclic) bond motifs is 2. The Morgan fingerprint density at radius 1 is 1.25 bits per heavy atom. The average Bonchev–Trinajstić information content (AvgIpc) is 3.05. The van der Waals surface area contributed by atoms with Crippen molar-refractivity contribution in [2.75, 3.05) is 11.9 Å². The molecule has 0 amide bonds. The zero-order valence-electron chi connectivity index (χ0n) is 14.3. The second-order valence-corrected chi connectivity index (χ2v) is 9.09. The van der Waals surface area contributed by atoms with E-state index < -0.39 is 27.5 Å². The van der Waals surface area contributed by atoms with Crippen molar-refractivity contribution in [3.63, 3.8) is 0 Å². The molecule has 0 fully saturated rings. The Hall–Kier alpha value is -2.11. The molecule has 2 aliphatic heterocycles. The van der Waals surface area contributed by atoms with Crippen molar-refractivity contribution in [1.82, 2.24) is 4.72 Å². The zero-order chi connectivity index (χ0) is 20.3. The molecule has 4 rings (SSSR count). The van der Waals surface area contributed by atoms with Gasteiger partial charge in [-0.25, -0.2) is 13.1 Å². The lowest BCUT2D eigenvalue weighted by Gasteiger charge is -2.50. The number of hydrogen-bond acceptors (Lipinski definition) is 5. The molecule has 2 heterocycles. The fourth-order valence-electron chi connectivity index (χ4n) is 3.39. The average molecular weight is 476 g/mol. The summed E-state index contributed by atoms with van der Waals surface area (Å²) in [6.45, 7) is 0. The normalized spacial score (nSPS) is 21.2. The van der Waals surface area contributed by atoms with E-state index >= 15 is 0 Å². The summed E-state index contributed by atoms with van der Waals surface area (Å²) in [7, 11) is -2.40. The molecule has 1 N–H and O–H groups in total. The molecule has 148 valence electrons. The molecular weight excluding hydrogens is 463 g/mol. The van der Waals surface area contributed by atoms with Gasteiger partial charge in [0, 0.05) is 11.3 Å². The molecule has 28 heavy (non-hydrogen) atoms. The van der Waals surface area contributed by atoms with Crippen molar-refractivity contribution < 1.29 is 26.4 Å². The fourth-order valence-corrected chi connectivity index (χ4v) is 4.60. The Morgan fingerprint density at radius 3 is 2.61 bits per heavy atom. The Labute approximate surface area is 167 Å². The van der Waals surface area contributed by atoms with Crippen molar-refractivity contribution in [1.29, 1.82) is 0 Å². The first kappa shape index (κ1) is 19.2. The summed E-state index contributed by atoms with van der Waals surface area (Å²) in [6.07, 6.45) is -4.27. The third kappa shape index (κ3) is 2.80. The molecule has 0 saturated heterocycles. The second kappa shape index (κ2) is 6.19. The molecule has 2 aliphatic rings. The van der Waals surface area contributed by atoms with Gasteiger partial charge in [-0.05, 0) is 59.4 Å². The molecule has 0 saturated carbocycles. The van der Waals surface area contributed by atoms with Crippen LogP contribution in [0.5, 0.6) is 0 Å². The van der Waals surface area contributed by atoms with Gasteiger partial charge in [-0.1, -0.05) is 11.2 Å². The monoisotopic (exact) mass is 475 g/mol. The van der Waals surface area contributed by atoms with E-state index in [1.54, 1.807) is 11.0 Å². The van der Waals surface area contributed by atoms with E-state index in [0.29, 0.717) is 15.9 Å². The fraction of sp³-hybridized carbons (Fsp3) is 0.235. The molecule has 0 aliphatic carbocycles. The highest BCUT2D eigenvalue weighted by molar-refractivity contribution is 9.18. The van der Waals surface area contributed by atoms with Crippen LogP contribution < -0.4 is 9.62 Å². The van der Waals surface area contributed by atoms with E-state index in [9.17, 15) is 21.6 Å². The van der Waals surface area contributed by atoms with E-state index in [4.69, 9.17) is 4.84 Å². The summed E-state index contributed by atoms with van der Waals surface area (Å²) in [4.78, 5) is 7.20. The molecule has 2 aromatic rings.